The third-order valence-electron chi connectivity index (χ3n) is 3.33. The van der Waals surface area contributed by atoms with Crippen LogP contribution in [0.1, 0.15) is 26.2 Å². The molecule has 2 N–H and O–H groups in total. The molecule has 1 fully saturated rings. The molecule has 1 saturated heterocycles. The summed E-state index contributed by atoms with van der Waals surface area (Å²) in [5.41, 5.74) is 0. The summed E-state index contributed by atoms with van der Waals surface area (Å²) in [5.74, 6) is 0.225. The number of nitrogens with one attached hydrogen (secondary N) is 1. The summed E-state index contributed by atoms with van der Waals surface area (Å²) >= 11 is 0. The van der Waals surface area contributed by atoms with Crippen LogP contribution in [0.2, 0.25) is 0 Å². The fourth-order valence-corrected chi connectivity index (χ4v) is 2.68. The number of amides is 2. The zero-order valence-electron chi connectivity index (χ0n) is 12.4. The Morgan fingerprint density at radius 2 is 2.05 bits per heavy atom. The van der Waals surface area contributed by atoms with E-state index in [1.165, 1.54) is 0 Å². The number of urea groups is 1. The number of aliphatic carboxylic acids is 1. The minimum atomic E-state index is -0.865. The van der Waals surface area contributed by atoms with E-state index in [-0.39, 0.29) is 25.2 Å². The molecule has 0 aromatic heterocycles. The van der Waals surface area contributed by atoms with Crippen molar-refractivity contribution in [3.8, 4) is 0 Å². The van der Waals surface area contributed by atoms with Crippen molar-refractivity contribution in [3.63, 3.8) is 0 Å². The van der Waals surface area contributed by atoms with Gasteiger partial charge in [0, 0.05) is 41.9 Å². The third-order valence-corrected chi connectivity index (χ3v) is 4.63. The number of rotatable bonds is 8. The summed E-state index contributed by atoms with van der Waals surface area (Å²) < 4.78 is 16.7. The predicted molar refractivity (Wildman–Crippen MR) is 79.7 cm³/mol. The SMILES string of the molecule is CCS(=O)CCNC(=O)N1CCC(OCCC(=O)O)CC1. The van der Waals surface area contributed by atoms with Crippen molar-refractivity contribution in [3.05, 3.63) is 0 Å². The maximum absolute atomic E-state index is 11.9. The van der Waals surface area contributed by atoms with E-state index in [0.29, 0.717) is 44.0 Å². The Bertz CT molecular complexity index is 370. The second-order valence-corrected chi connectivity index (χ2v) is 6.73. The number of hydrogen-bond donors (Lipinski definition) is 2. The third kappa shape index (κ3) is 7.42. The maximum Gasteiger partial charge on any atom is 0.317 e. The number of nitrogens with zero attached hydrogens (tertiary/aromatic N) is 1. The van der Waals surface area contributed by atoms with Gasteiger partial charge < -0.3 is 20.1 Å². The number of ether oxygens (including phenoxy) is 1. The topological polar surface area (TPSA) is 95.9 Å². The van der Waals surface area contributed by atoms with Crippen LogP contribution in [-0.2, 0) is 20.3 Å². The molecule has 122 valence electrons. The molecule has 8 heteroatoms. The lowest BCUT2D eigenvalue weighted by atomic mass is 10.1. The Balaban J connectivity index is 2.15. The highest BCUT2D eigenvalue weighted by molar-refractivity contribution is 7.84. The fourth-order valence-electron chi connectivity index (χ4n) is 2.07. The molecule has 0 saturated carbocycles. The molecule has 7 nitrogen and oxygen atoms in total. The Labute approximate surface area is 127 Å². The Hall–Kier alpha value is -1.15. The van der Waals surface area contributed by atoms with Gasteiger partial charge in [0.1, 0.15) is 0 Å². The van der Waals surface area contributed by atoms with Gasteiger partial charge in [-0.1, -0.05) is 6.92 Å². The summed E-state index contributed by atoms with van der Waals surface area (Å²) in [6.07, 6.45) is 1.47. The number of hydrogen-bond acceptors (Lipinski definition) is 4. The fraction of sp³-hybridized carbons (Fsp3) is 0.846. The van der Waals surface area contributed by atoms with Gasteiger partial charge in [0.25, 0.3) is 0 Å². The van der Waals surface area contributed by atoms with E-state index >= 15 is 0 Å². The quantitative estimate of drug-likeness (QED) is 0.676. The molecule has 1 aliphatic heterocycles. The summed E-state index contributed by atoms with van der Waals surface area (Å²) in [6.45, 7) is 3.69. The van der Waals surface area contributed by atoms with E-state index in [1.54, 1.807) is 4.90 Å². The molecular weight excluding hydrogens is 296 g/mol. The summed E-state index contributed by atoms with van der Waals surface area (Å²) in [7, 11) is -0.863. The monoisotopic (exact) mass is 320 g/mol. The minimum absolute atomic E-state index is 0.00920. The molecule has 0 aromatic carbocycles. The van der Waals surface area contributed by atoms with Crippen LogP contribution in [0, 0.1) is 0 Å². The van der Waals surface area contributed by atoms with Crippen molar-refractivity contribution >= 4 is 22.8 Å². The van der Waals surface area contributed by atoms with Crippen LogP contribution in [0.4, 0.5) is 4.79 Å². The molecule has 0 aliphatic carbocycles. The van der Waals surface area contributed by atoms with Crippen molar-refractivity contribution in [2.24, 2.45) is 0 Å². The molecule has 1 unspecified atom stereocenters. The predicted octanol–water partition coefficient (Wildman–Crippen LogP) is 0.420. The van der Waals surface area contributed by atoms with E-state index in [1.807, 2.05) is 6.92 Å². The first-order chi connectivity index (χ1) is 10.0. The van der Waals surface area contributed by atoms with Crippen molar-refractivity contribution in [1.82, 2.24) is 10.2 Å². The normalized spacial score (nSPS) is 17.5. The first-order valence-corrected chi connectivity index (χ1v) is 8.73. The standard InChI is InChI=1S/C13H24N2O5S/c1-2-21(19)10-6-14-13(18)15-7-3-11(4-8-15)20-9-5-12(16)17/h11H,2-10H2,1H3,(H,14,18)(H,16,17). The lowest BCUT2D eigenvalue weighted by molar-refractivity contribution is -0.138. The van der Waals surface area contributed by atoms with Gasteiger partial charge in [-0.25, -0.2) is 4.79 Å². The Kier molecular flexibility index (Phi) is 8.29. The largest absolute Gasteiger partial charge is 0.481 e. The number of likely N-dealkylation sites (tertiary alicyclic amines) is 1. The average Bonchev–Trinajstić information content (AvgIpc) is 2.47. The second kappa shape index (κ2) is 9.73. The summed E-state index contributed by atoms with van der Waals surface area (Å²) in [5, 5.41) is 11.3. The summed E-state index contributed by atoms with van der Waals surface area (Å²) in [6, 6.07) is -0.132. The smallest absolute Gasteiger partial charge is 0.317 e. The number of carbonyl (C=O) groups is 2. The molecule has 1 aliphatic rings. The molecule has 2 amide bonds. The number of carboxylic acids is 1. The average molecular weight is 320 g/mol. The van der Waals surface area contributed by atoms with Gasteiger partial charge >= 0.3 is 12.0 Å². The molecule has 1 heterocycles. The number of piperidine rings is 1. The lowest BCUT2D eigenvalue weighted by Crippen LogP contribution is -2.46. The van der Waals surface area contributed by atoms with E-state index in [9.17, 15) is 13.8 Å². The van der Waals surface area contributed by atoms with Crippen LogP contribution in [0.25, 0.3) is 0 Å². The van der Waals surface area contributed by atoms with E-state index in [2.05, 4.69) is 5.32 Å². The highest BCUT2D eigenvalue weighted by atomic mass is 32.2. The molecule has 0 spiro atoms. The van der Waals surface area contributed by atoms with Gasteiger partial charge in [-0.3, -0.25) is 9.00 Å². The molecule has 21 heavy (non-hydrogen) atoms. The van der Waals surface area contributed by atoms with Crippen molar-refractivity contribution < 1.29 is 23.6 Å². The molecule has 0 bridgehead atoms. The zero-order chi connectivity index (χ0) is 15.7. The van der Waals surface area contributed by atoms with Crippen LogP contribution in [0.5, 0.6) is 0 Å². The zero-order valence-corrected chi connectivity index (χ0v) is 13.2. The van der Waals surface area contributed by atoms with E-state index < -0.39 is 16.8 Å². The van der Waals surface area contributed by atoms with E-state index in [4.69, 9.17) is 9.84 Å². The van der Waals surface area contributed by atoms with Crippen LogP contribution < -0.4 is 5.32 Å². The first kappa shape index (κ1) is 17.9. The van der Waals surface area contributed by atoms with Crippen molar-refractivity contribution in [2.75, 3.05) is 37.7 Å². The van der Waals surface area contributed by atoms with Gasteiger partial charge in [-0.15, -0.1) is 0 Å². The molecular formula is C13H24N2O5S. The molecule has 1 atom stereocenters. The maximum atomic E-state index is 11.9. The Morgan fingerprint density at radius 1 is 1.38 bits per heavy atom. The Morgan fingerprint density at radius 3 is 2.62 bits per heavy atom. The van der Waals surface area contributed by atoms with E-state index in [0.717, 1.165) is 0 Å². The molecule has 0 aromatic rings. The van der Waals surface area contributed by atoms with Crippen LogP contribution in [-0.4, -0.2) is 70.1 Å². The first-order valence-electron chi connectivity index (χ1n) is 7.24. The van der Waals surface area contributed by atoms with Gasteiger partial charge in [-0.2, -0.15) is 0 Å². The molecule has 1 rings (SSSR count). The van der Waals surface area contributed by atoms with Crippen molar-refractivity contribution in [2.45, 2.75) is 32.3 Å². The van der Waals surface area contributed by atoms with Crippen LogP contribution in [0.15, 0.2) is 0 Å². The van der Waals surface area contributed by atoms with Gasteiger partial charge in [0.2, 0.25) is 0 Å². The highest BCUT2D eigenvalue weighted by Crippen LogP contribution is 2.13. The summed E-state index contributed by atoms with van der Waals surface area (Å²) in [4.78, 5) is 24.0. The number of carbonyl (C=O) groups excluding carboxylic acids is 1. The highest BCUT2D eigenvalue weighted by Gasteiger charge is 2.23. The van der Waals surface area contributed by atoms with Gasteiger partial charge in [0.05, 0.1) is 19.1 Å². The minimum Gasteiger partial charge on any atom is -0.481 e. The van der Waals surface area contributed by atoms with Crippen LogP contribution >= 0.6 is 0 Å². The van der Waals surface area contributed by atoms with Crippen LogP contribution in [0.3, 0.4) is 0 Å². The van der Waals surface area contributed by atoms with Gasteiger partial charge in [0.15, 0.2) is 0 Å². The lowest BCUT2D eigenvalue weighted by Gasteiger charge is -2.31. The number of carboxylic acid groups (broad SMARTS) is 1. The van der Waals surface area contributed by atoms with Gasteiger partial charge in [-0.05, 0) is 12.8 Å². The van der Waals surface area contributed by atoms with Crippen molar-refractivity contribution in [1.29, 1.82) is 0 Å². The molecule has 0 radical (unpaired) electrons. The second-order valence-electron chi connectivity index (χ2n) is 4.87.